The molecule has 0 aliphatic carbocycles. The Balaban J connectivity index is 3.57. The van der Waals surface area contributed by atoms with Crippen LogP contribution in [0.4, 0.5) is 9.59 Å². The van der Waals surface area contributed by atoms with Crippen molar-refractivity contribution in [2.75, 3.05) is 59.3 Å². The number of alkyl carbamates (subject to hydrolysis) is 1. The molecule has 0 aromatic rings. The maximum Gasteiger partial charge on any atom is 0.421 e. The van der Waals surface area contributed by atoms with E-state index in [-0.39, 0.29) is 78.1 Å². The summed E-state index contributed by atoms with van der Waals surface area (Å²) in [5, 5.41) is 4.83. The van der Waals surface area contributed by atoms with Crippen LogP contribution in [-0.2, 0) is 42.8 Å². The number of rotatable bonds is 17. The lowest BCUT2D eigenvalue weighted by Crippen LogP contribution is -2.36. The molecule has 0 aliphatic heterocycles. The number of hydrogen-bond acceptors (Lipinski definition) is 12. The zero-order valence-electron chi connectivity index (χ0n) is 20.3. The Kier molecular flexibility index (Phi) is 17.4. The summed E-state index contributed by atoms with van der Waals surface area (Å²) >= 11 is 0. The highest BCUT2D eigenvalue weighted by Gasteiger charge is 2.17. The fraction of sp³-hybridized carbons (Fsp3) is 0.750. The van der Waals surface area contributed by atoms with Crippen molar-refractivity contribution >= 4 is 30.0 Å². The van der Waals surface area contributed by atoms with Gasteiger partial charge in [-0.3, -0.25) is 19.8 Å². The van der Waals surface area contributed by atoms with E-state index in [0.29, 0.717) is 0 Å². The fourth-order valence-corrected chi connectivity index (χ4v) is 2.02. The molecule has 0 rings (SSSR count). The van der Waals surface area contributed by atoms with Gasteiger partial charge in [-0.05, 0) is 20.8 Å². The van der Waals surface area contributed by atoms with Crippen molar-refractivity contribution in [3.63, 3.8) is 0 Å². The van der Waals surface area contributed by atoms with E-state index in [1.54, 1.807) is 20.8 Å². The van der Waals surface area contributed by atoms with E-state index in [4.69, 9.17) is 29.5 Å². The smallest absolute Gasteiger partial charge is 0.421 e. The average molecular weight is 509 g/mol. The average Bonchev–Trinajstić information content (AvgIpc) is 2.79. The lowest BCUT2D eigenvalue weighted by Gasteiger charge is -2.19. The van der Waals surface area contributed by atoms with Crippen LogP contribution in [0.3, 0.4) is 0 Å². The van der Waals surface area contributed by atoms with E-state index < -0.39 is 29.7 Å². The summed E-state index contributed by atoms with van der Waals surface area (Å²) in [6.07, 6.45) is -1.71. The first kappa shape index (κ1) is 31.8. The standard InChI is InChI=1S/C20H36N4O11/c1-20(2,3)35-18(28)23-14-17(27)33-13-12-32-16(26)5-4-15(25)22-6-7-30-8-9-31-10-11-34-19(29)24-21/h4-14,21H2,1-3H3,(H,22,25)(H,23,28)(H,24,29). The van der Waals surface area contributed by atoms with Crippen molar-refractivity contribution in [1.29, 1.82) is 0 Å². The first-order valence-corrected chi connectivity index (χ1v) is 10.9. The highest BCUT2D eigenvalue weighted by Crippen LogP contribution is 2.06. The second kappa shape index (κ2) is 19.2. The van der Waals surface area contributed by atoms with Crippen LogP contribution in [0.25, 0.3) is 0 Å². The van der Waals surface area contributed by atoms with Gasteiger partial charge >= 0.3 is 24.1 Å². The molecule has 0 atom stereocenters. The van der Waals surface area contributed by atoms with Gasteiger partial charge in [0.15, 0.2) is 0 Å². The predicted molar refractivity (Wildman–Crippen MR) is 119 cm³/mol. The molecular formula is C20H36N4O11. The van der Waals surface area contributed by atoms with Crippen LogP contribution < -0.4 is 21.9 Å². The van der Waals surface area contributed by atoms with E-state index in [9.17, 15) is 24.0 Å². The second-order valence-electron chi connectivity index (χ2n) is 7.65. The Morgan fingerprint density at radius 1 is 0.686 bits per heavy atom. The summed E-state index contributed by atoms with van der Waals surface area (Å²) in [7, 11) is 0. The van der Waals surface area contributed by atoms with E-state index in [1.807, 2.05) is 5.43 Å². The van der Waals surface area contributed by atoms with Crippen molar-refractivity contribution in [2.45, 2.75) is 39.2 Å². The summed E-state index contributed by atoms with van der Waals surface area (Å²) < 4.78 is 29.7. The Morgan fingerprint density at radius 3 is 1.89 bits per heavy atom. The van der Waals surface area contributed by atoms with Gasteiger partial charge in [-0.2, -0.15) is 0 Å². The molecule has 15 nitrogen and oxygen atoms in total. The maximum absolute atomic E-state index is 11.7. The van der Waals surface area contributed by atoms with E-state index in [1.165, 1.54) is 0 Å². The van der Waals surface area contributed by atoms with Gasteiger partial charge in [-0.25, -0.2) is 15.4 Å². The van der Waals surface area contributed by atoms with Crippen LogP contribution in [0, 0.1) is 0 Å². The highest BCUT2D eigenvalue weighted by molar-refractivity contribution is 5.81. The zero-order chi connectivity index (χ0) is 26.5. The van der Waals surface area contributed by atoms with Crippen LogP contribution >= 0.6 is 0 Å². The molecule has 5 N–H and O–H groups in total. The molecule has 0 aromatic carbocycles. The molecule has 3 amide bonds. The van der Waals surface area contributed by atoms with Gasteiger partial charge in [0.2, 0.25) is 5.91 Å². The number of nitrogens with one attached hydrogen (secondary N) is 3. The molecule has 35 heavy (non-hydrogen) atoms. The van der Waals surface area contributed by atoms with Gasteiger partial charge in [0.25, 0.3) is 0 Å². The van der Waals surface area contributed by atoms with Gasteiger partial charge in [0.05, 0.1) is 32.8 Å². The molecule has 0 bridgehead atoms. The van der Waals surface area contributed by atoms with Crippen LogP contribution in [0.2, 0.25) is 0 Å². The Bertz CT molecular complexity index is 668. The van der Waals surface area contributed by atoms with Crippen molar-refractivity contribution in [3.05, 3.63) is 0 Å². The maximum atomic E-state index is 11.7. The Morgan fingerprint density at radius 2 is 1.26 bits per heavy atom. The van der Waals surface area contributed by atoms with Gasteiger partial charge in [0, 0.05) is 13.0 Å². The molecular weight excluding hydrogens is 472 g/mol. The zero-order valence-corrected chi connectivity index (χ0v) is 20.3. The molecule has 0 aromatic heterocycles. The van der Waals surface area contributed by atoms with Gasteiger partial charge in [0.1, 0.15) is 32.0 Å². The first-order chi connectivity index (χ1) is 16.5. The lowest BCUT2D eigenvalue weighted by molar-refractivity contribution is -0.152. The lowest BCUT2D eigenvalue weighted by atomic mass is 10.2. The molecule has 0 saturated carbocycles. The van der Waals surface area contributed by atoms with Crippen molar-refractivity contribution < 1.29 is 52.4 Å². The predicted octanol–water partition coefficient (Wildman–Crippen LogP) is -0.873. The third-order valence-electron chi connectivity index (χ3n) is 3.46. The summed E-state index contributed by atoms with van der Waals surface area (Å²) in [6.45, 7) is 5.62. The van der Waals surface area contributed by atoms with Crippen LogP contribution in [0.5, 0.6) is 0 Å². The quantitative estimate of drug-likeness (QED) is 0.0473. The Labute approximate surface area is 203 Å². The van der Waals surface area contributed by atoms with Crippen LogP contribution in [0.1, 0.15) is 33.6 Å². The van der Waals surface area contributed by atoms with Gasteiger partial charge in [-0.15, -0.1) is 0 Å². The molecule has 0 heterocycles. The second-order valence-corrected chi connectivity index (χ2v) is 7.65. The van der Waals surface area contributed by atoms with Gasteiger partial charge < -0.3 is 39.1 Å². The number of nitrogens with two attached hydrogens (primary N) is 1. The third-order valence-corrected chi connectivity index (χ3v) is 3.46. The topological polar surface area (TPSA) is 203 Å². The largest absolute Gasteiger partial charge is 0.462 e. The molecule has 0 saturated heterocycles. The molecule has 15 heteroatoms. The molecule has 0 fully saturated rings. The monoisotopic (exact) mass is 508 g/mol. The number of hydrazine groups is 1. The fourth-order valence-electron chi connectivity index (χ4n) is 2.02. The van der Waals surface area contributed by atoms with Crippen molar-refractivity contribution in [2.24, 2.45) is 5.84 Å². The number of ether oxygens (including phenoxy) is 6. The highest BCUT2D eigenvalue weighted by atomic mass is 16.6. The van der Waals surface area contributed by atoms with Crippen molar-refractivity contribution in [1.82, 2.24) is 16.1 Å². The molecule has 0 radical (unpaired) electrons. The molecule has 0 aliphatic rings. The Hall–Kier alpha value is -3.17. The minimum Gasteiger partial charge on any atom is -0.462 e. The summed E-state index contributed by atoms with van der Waals surface area (Å²) in [4.78, 5) is 56.9. The SMILES string of the molecule is CC(C)(C)OC(=O)NCC(=O)OCCOC(=O)CCC(=O)NCCOCCOCCOC(=O)NN. The third kappa shape index (κ3) is 22.4. The minimum absolute atomic E-state index is 0.0556. The molecule has 0 unspecified atom stereocenters. The summed E-state index contributed by atoms with van der Waals surface area (Å²) in [5.41, 5.74) is 1.12. The summed E-state index contributed by atoms with van der Waals surface area (Å²) in [6, 6.07) is 0. The van der Waals surface area contributed by atoms with Gasteiger partial charge in [-0.1, -0.05) is 0 Å². The molecule has 0 spiro atoms. The minimum atomic E-state index is -0.752. The number of esters is 2. The van der Waals surface area contributed by atoms with Crippen LogP contribution in [0.15, 0.2) is 0 Å². The number of hydrogen-bond donors (Lipinski definition) is 4. The normalized spacial score (nSPS) is 10.6. The van der Waals surface area contributed by atoms with E-state index in [0.717, 1.165) is 0 Å². The number of carbonyl (C=O) groups is 5. The number of amides is 3. The first-order valence-electron chi connectivity index (χ1n) is 10.9. The summed E-state index contributed by atoms with van der Waals surface area (Å²) in [5.74, 6) is 3.14. The van der Waals surface area contributed by atoms with E-state index >= 15 is 0 Å². The van der Waals surface area contributed by atoms with Crippen LogP contribution in [-0.4, -0.2) is 95.0 Å². The number of carbonyl (C=O) groups excluding carboxylic acids is 5. The van der Waals surface area contributed by atoms with E-state index in [2.05, 4.69) is 15.4 Å². The molecule has 202 valence electrons. The van der Waals surface area contributed by atoms with Crippen molar-refractivity contribution in [3.8, 4) is 0 Å².